The third-order valence-corrected chi connectivity index (χ3v) is 7.11. The number of allylic oxidation sites excluding steroid dienone is 4. The van der Waals surface area contributed by atoms with E-state index in [0.717, 1.165) is 0 Å². The lowest BCUT2D eigenvalue weighted by Crippen LogP contribution is -2.54. The molecule has 3 aliphatic heterocycles. The van der Waals surface area contributed by atoms with E-state index < -0.39 is 59.1 Å². The molecule has 1 saturated heterocycles. The summed E-state index contributed by atoms with van der Waals surface area (Å²) in [6, 6.07) is 0. The van der Waals surface area contributed by atoms with Crippen molar-refractivity contribution in [1.82, 2.24) is 0 Å². The van der Waals surface area contributed by atoms with Gasteiger partial charge in [-0.05, 0) is 26.0 Å². The van der Waals surface area contributed by atoms with E-state index in [1.54, 1.807) is 6.92 Å². The number of cyclic esters (lactones) is 1. The van der Waals surface area contributed by atoms with E-state index in [0.29, 0.717) is 5.57 Å². The van der Waals surface area contributed by atoms with Crippen LogP contribution in [0.25, 0.3) is 0 Å². The molecule has 1 saturated carbocycles. The van der Waals surface area contributed by atoms with Gasteiger partial charge in [-0.2, -0.15) is 0 Å². The van der Waals surface area contributed by atoms with Crippen molar-refractivity contribution < 1.29 is 67.3 Å². The summed E-state index contributed by atoms with van der Waals surface area (Å²) in [4.78, 5) is 61.7. The van der Waals surface area contributed by atoms with Crippen LogP contribution in [0.3, 0.4) is 0 Å². The fourth-order valence-electron chi connectivity index (χ4n) is 4.55. The molecule has 0 amide bonds. The van der Waals surface area contributed by atoms with E-state index in [4.69, 9.17) is 28.4 Å². The predicted molar refractivity (Wildman–Crippen MR) is 144 cm³/mol. The molecule has 44 heavy (non-hydrogen) atoms. The van der Waals surface area contributed by atoms with Crippen molar-refractivity contribution in [3.8, 4) is 12.0 Å². The summed E-state index contributed by atoms with van der Waals surface area (Å²) in [6.07, 6.45) is 6.96. The molecule has 0 bridgehead atoms. The first-order valence-electron chi connectivity index (χ1n) is 13.5. The molecule has 4 rings (SSSR count). The van der Waals surface area contributed by atoms with E-state index in [9.17, 15) is 34.2 Å². The van der Waals surface area contributed by atoms with Crippen molar-refractivity contribution in [3.63, 3.8) is 0 Å². The van der Waals surface area contributed by atoms with Crippen LogP contribution < -0.4 is 0 Å². The molecule has 4 aliphatic rings. The van der Waals surface area contributed by atoms with Gasteiger partial charge >= 0.3 is 29.8 Å². The number of rotatable bonds is 6. The van der Waals surface area contributed by atoms with E-state index in [1.807, 2.05) is 0 Å². The number of ether oxygens (including phenoxy) is 7. The number of aliphatic hydroxyl groups excluding tert-OH is 2. The first-order valence-corrected chi connectivity index (χ1v) is 13.5. The highest BCUT2D eigenvalue weighted by atomic mass is 16.8. The Hall–Kier alpha value is -5.19. The van der Waals surface area contributed by atoms with Crippen molar-refractivity contribution in [2.24, 2.45) is 0 Å². The van der Waals surface area contributed by atoms with Gasteiger partial charge in [-0.25, -0.2) is 19.2 Å². The van der Waals surface area contributed by atoms with Crippen molar-refractivity contribution in [2.45, 2.75) is 83.6 Å². The van der Waals surface area contributed by atoms with Gasteiger partial charge in [-0.3, -0.25) is 4.79 Å². The average molecular weight is 615 g/mol. The van der Waals surface area contributed by atoms with Gasteiger partial charge < -0.3 is 43.4 Å². The van der Waals surface area contributed by atoms with E-state index in [2.05, 4.69) is 16.8 Å². The van der Waals surface area contributed by atoms with Crippen molar-refractivity contribution in [2.75, 3.05) is 0 Å². The Kier molecular flexibility index (Phi) is 8.80. The standard InChI is InChI=1S/C30H30O14/c1-5-16-38-21(31)10-11-28(4)39-24(34)19(25(35)40-28)8-6-17(2)7-9-20-26(36)43-30(44-27(20)37)14-12-29(13-15-30)41-22(32)18(3)23(33)42-29/h6-9,32,34H,10-15H2,1-4H3/b8-6+,17-7+,20-9?. The van der Waals surface area contributed by atoms with Crippen LogP contribution in [-0.2, 0) is 57.1 Å². The van der Waals surface area contributed by atoms with Crippen LogP contribution in [0.1, 0.15) is 66.2 Å². The third kappa shape index (κ3) is 6.88. The minimum atomic E-state index is -1.61. The molecule has 2 fully saturated rings. The van der Waals surface area contributed by atoms with Gasteiger partial charge in [0, 0.05) is 46.0 Å². The van der Waals surface area contributed by atoms with Crippen molar-refractivity contribution >= 4 is 29.8 Å². The molecule has 234 valence electrons. The number of hydrogen-bond acceptors (Lipinski definition) is 14. The second kappa shape index (κ2) is 12.2. The molecule has 0 aromatic carbocycles. The summed E-state index contributed by atoms with van der Waals surface area (Å²) in [5.41, 5.74) is -0.319. The van der Waals surface area contributed by atoms with Gasteiger partial charge in [0.25, 0.3) is 29.3 Å². The Labute approximate surface area is 251 Å². The van der Waals surface area contributed by atoms with E-state index >= 15 is 0 Å². The Balaban J connectivity index is 1.36. The van der Waals surface area contributed by atoms with Crippen LogP contribution in [0, 0.1) is 12.0 Å². The summed E-state index contributed by atoms with van der Waals surface area (Å²) in [5, 5.41) is 20.2. The van der Waals surface area contributed by atoms with Gasteiger partial charge in [0.05, 0.1) is 6.42 Å². The molecule has 0 aromatic heterocycles. The van der Waals surface area contributed by atoms with Crippen molar-refractivity contribution in [1.29, 1.82) is 0 Å². The quantitative estimate of drug-likeness (QED) is 0.111. The number of esters is 5. The molecule has 2 N–H and O–H groups in total. The van der Waals surface area contributed by atoms with Crippen LogP contribution in [0.4, 0.5) is 0 Å². The van der Waals surface area contributed by atoms with Gasteiger partial charge in [0.2, 0.25) is 0 Å². The number of aliphatic hydroxyl groups is 2. The highest BCUT2D eigenvalue weighted by Crippen LogP contribution is 2.45. The van der Waals surface area contributed by atoms with Crippen LogP contribution in [-0.4, -0.2) is 57.4 Å². The fourth-order valence-corrected chi connectivity index (χ4v) is 4.55. The lowest BCUT2D eigenvalue weighted by Gasteiger charge is -2.46. The predicted octanol–water partition coefficient (Wildman–Crippen LogP) is 3.21. The maximum absolute atomic E-state index is 12.7. The Morgan fingerprint density at radius 1 is 0.886 bits per heavy atom. The van der Waals surface area contributed by atoms with Crippen molar-refractivity contribution in [3.05, 3.63) is 58.5 Å². The first kappa shape index (κ1) is 31.7. The Bertz CT molecular complexity index is 1480. The monoisotopic (exact) mass is 614 g/mol. The van der Waals surface area contributed by atoms with Gasteiger partial charge in [-0.1, -0.05) is 23.6 Å². The number of carbonyl (C=O) groups is 5. The van der Waals surface area contributed by atoms with Gasteiger partial charge in [0.1, 0.15) is 22.8 Å². The summed E-state index contributed by atoms with van der Waals surface area (Å²) in [7, 11) is 0. The first-order chi connectivity index (χ1) is 20.7. The molecule has 2 spiro atoms. The van der Waals surface area contributed by atoms with Gasteiger partial charge in [-0.15, -0.1) is 0 Å². The average Bonchev–Trinajstić information content (AvgIpc) is 2.94. The lowest BCUT2D eigenvalue weighted by molar-refractivity contribution is -0.297. The normalized spacial score (nSPS) is 28.8. The molecule has 14 heteroatoms. The largest absolute Gasteiger partial charge is 0.481 e. The molecule has 0 radical (unpaired) electrons. The highest BCUT2D eigenvalue weighted by Gasteiger charge is 2.55. The molecule has 0 aromatic rings. The zero-order chi connectivity index (χ0) is 32.3. The maximum Gasteiger partial charge on any atom is 0.348 e. The minimum absolute atomic E-state index is 0.00577. The molecule has 1 aliphatic carbocycles. The smallest absolute Gasteiger partial charge is 0.348 e. The topological polar surface area (TPSA) is 190 Å². The molecular weight excluding hydrogens is 584 g/mol. The third-order valence-electron chi connectivity index (χ3n) is 7.11. The molecular formula is C30H30O14. The summed E-state index contributed by atoms with van der Waals surface area (Å²) in [6.45, 7) is 5.81. The molecule has 3 heterocycles. The Morgan fingerprint density at radius 3 is 2.05 bits per heavy atom. The Morgan fingerprint density at radius 2 is 1.48 bits per heavy atom. The summed E-state index contributed by atoms with van der Waals surface area (Å²) >= 11 is 0. The molecule has 14 nitrogen and oxygen atoms in total. The molecule has 1 atom stereocenters. The second-order valence-corrected chi connectivity index (χ2v) is 10.5. The minimum Gasteiger partial charge on any atom is -0.481 e. The van der Waals surface area contributed by atoms with Crippen LogP contribution in [0.2, 0.25) is 0 Å². The zero-order valence-corrected chi connectivity index (χ0v) is 24.3. The lowest BCUT2D eigenvalue weighted by atomic mass is 9.87. The fraction of sp³-hybridized carbons (Fsp3) is 0.433. The SMILES string of the molecule is CC#COC(=O)CCC1(C)OC(=O)C(/C=C/C(C)=C/C=C2C(=O)OC3(CCC4(CC3)OC(=O)C(C)=C(O)O4)OC2=O)=C(O)O1. The summed E-state index contributed by atoms with van der Waals surface area (Å²) < 4.78 is 36.9. The van der Waals surface area contributed by atoms with Crippen LogP contribution in [0.15, 0.2) is 58.5 Å². The second-order valence-electron chi connectivity index (χ2n) is 10.5. The van der Waals surface area contributed by atoms with Crippen LogP contribution in [0.5, 0.6) is 0 Å². The van der Waals surface area contributed by atoms with E-state index in [-0.39, 0.29) is 55.2 Å². The van der Waals surface area contributed by atoms with Gasteiger partial charge in [0.15, 0.2) is 0 Å². The van der Waals surface area contributed by atoms with Crippen LogP contribution >= 0.6 is 0 Å². The number of carbonyl (C=O) groups excluding carboxylic acids is 5. The van der Waals surface area contributed by atoms with E-state index in [1.165, 1.54) is 45.1 Å². The highest BCUT2D eigenvalue weighted by molar-refractivity contribution is 6.15. The zero-order valence-electron chi connectivity index (χ0n) is 24.3. The summed E-state index contributed by atoms with van der Waals surface area (Å²) in [5.74, 6) is -7.69. The number of hydrogen-bond donors (Lipinski definition) is 2. The molecule has 1 unspecified atom stereocenters. The maximum atomic E-state index is 12.7.